The number of carbonyl (C=O) groups is 2. The molecule has 1 N–H and O–H groups in total. The fourth-order valence-electron chi connectivity index (χ4n) is 6.35. The highest BCUT2D eigenvalue weighted by Gasteiger charge is 2.28. The number of amides is 1. The van der Waals surface area contributed by atoms with Crippen LogP contribution in [0.3, 0.4) is 0 Å². The van der Waals surface area contributed by atoms with Crippen LogP contribution < -0.4 is 5.32 Å². The van der Waals surface area contributed by atoms with Crippen LogP contribution in [0.4, 0.5) is 4.79 Å². The van der Waals surface area contributed by atoms with E-state index in [1.807, 2.05) is 24.3 Å². The summed E-state index contributed by atoms with van der Waals surface area (Å²) in [5.74, 6) is -0.0824. The summed E-state index contributed by atoms with van der Waals surface area (Å²) >= 11 is 0. The zero-order valence-electron chi connectivity index (χ0n) is 31.3. The lowest BCUT2D eigenvalue weighted by molar-refractivity contribution is -0.145. The van der Waals surface area contributed by atoms with Gasteiger partial charge in [-0.2, -0.15) is 0 Å². The Hall–Kier alpha value is -2.98. The van der Waals surface area contributed by atoms with Crippen molar-refractivity contribution in [2.75, 3.05) is 72.6 Å². The number of alkyl carbamates (subject to hydrolysis) is 1. The van der Waals surface area contributed by atoms with Gasteiger partial charge in [0.05, 0.1) is 46.2 Å². The van der Waals surface area contributed by atoms with Crippen LogP contribution in [0.1, 0.15) is 120 Å². The molecule has 51 heavy (non-hydrogen) atoms. The first-order valence-corrected chi connectivity index (χ1v) is 19.8. The third-order valence-corrected chi connectivity index (χ3v) is 9.17. The highest BCUT2D eigenvalue weighted by atomic mass is 16.6. The number of carbonyl (C=O) groups excluding carboxylic acids is 2. The van der Waals surface area contributed by atoms with E-state index in [1.165, 1.54) is 92.9 Å². The molecule has 2 aromatic rings. The fourth-order valence-corrected chi connectivity index (χ4v) is 6.35. The number of nitrogens with one attached hydrogen (secondary N) is 1. The summed E-state index contributed by atoms with van der Waals surface area (Å²) in [7, 11) is 0. The molecule has 1 amide bonds. The number of unbranched alkanes of at least 4 members (excludes halogenated alkanes) is 12. The molecule has 1 aliphatic carbocycles. The van der Waals surface area contributed by atoms with Gasteiger partial charge in [0.15, 0.2) is 0 Å². The Labute approximate surface area is 307 Å². The standard InChI is InChI=1S/C42H65NO8/c1-2-3-4-5-6-7-8-9-10-11-12-13-14-24-41(44)50-34-33-49-32-31-48-30-29-47-28-27-46-26-19-25-43-42(45)51-35-40-38-22-17-15-20-36(38)37-21-16-18-23-39(37)40/h15-18,20-23,40H,2-14,19,24-35H2,1H3,(H,43,45). The molecule has 9 nitrogen and oxygen atoms in total. The van der Waals surface area contributed by atoms with Gasteiger partial charge in [-0.05, 0) is 35.1 Å². The summed E-state index contributed by atoms with van der Waals surface area (Å²) < 4.78 is 32.9. The van der Waals surface area contributed by atoms with Crippen molar-refractivity contribution in [3.05, 3.63) is 59.7 Å². The van der Waals surface area contributed by atoms with Crippen molar-refractivity contribution in [3.8, 4) is 11.1 Å². The van der Waals surface area contributed by atoms with E-state index in [0.29, 0.717) is 78.8 Å². The zero-order chi connectivity index (χ0) is 36.0. The Bertz CT molecular complexity index is 1150. The molecule has 0 heterocycles. The van der Waals surface area contributed by atoms with E-state index in [2.05, 4.69) is 36.5 Å². The van der Waals surface area contributed by atoms with Gasteiger partial charge in [-0.3, -0.25) is 4.79 Å². The van der Waals surface area contributed by atoms with Crippen molar-refractivity contribution in [3.63, 3.8) is 0 Å². The molecule has 0 unspecified atom stereocenters. The van der Waals surface area contributed by atoms with E-state index in [4.69, 9.17) is 28.4 Å². The molecule has 0 bridgehead atoms. The van der Waals surface area contributed by atoms with Gasteiger partial charge in [0, 0.05) is 25.5 Å². The predicted molar refractivity (Wildman–Crippen MR) is 202 cm³/mol. The van der Waals surface area contributed by atoms with Crippen LogP contribution in [-0.4, -0.2) is 84.7 Å². The Morgan fingerprint density at radius 2 is 0.980 bits per heavy atom. The molecule has 9 heteroatoms. The zero-order valence-corrected chi connectivity index (χ0v) is 31.3. The average Bonchev–Trinajstić information content (AvgIpc) is 3.47. The topological polar surface area (TPSA) is 102 Å². The summed E-state index contributed by atoms with van der Waals surface area (Å²) in [6, 6.07) is 16.6. The molecule has 0 saturated heterocycles. The predicted octanol–water partition coefficient (Wildman–Crippen LogP) is 9.01. The molecule has 1 aliphatic rings. The van der Waals surface area contributed by atoms with Gasteiger partial charge in [-0.1, -0.05) is 133 Å². The first kappa shape index (κ1) is 42.4. The third kappa shape index (κ3) is 18.9. The lowest BCUT2D eigenvalue weighted by Crippen LogP contribution is -2.27. The maximum absolute atomic E-state index is 12.3. The van der Waals surface area contributed by atoms with Gasteiger partial charge < -0.3 is 33.7 Å². The largest absolute Gasteiger partial charge is 0.463 e. The molecule has 0 fully saturated rings. The van der Waals surface area contributed by atoms with Crippen LogP contribution in [0, 0.1) is 0 Å². The highest BCUT2D eigenvalue weighted by molar-refractivity contribution is 5.79. The van der Waals surface area contributed by atoms with Gasteiger partial charge in [-0.25, -0.2) is 4.79 Å². The molecule has 0 atom stereocenters. The van der Waals surface area contributed by atoms with Crippen molar-refractivity contribution in [2.45, 2.75) is 109 Å². The number of hydrogen-bond donors (Lipinski definition) is 1. The second-order valence-corrected chi connectivity index (χ2v) is 13.3. The molecule has 2 aromatic carbocycles. The lowest BCUT2D eigenvalue weighted by Gasteiger charge is -2.14. The number of esters is 1. The summed E-state index contributed by atoms with van der Waals surface area (Å²) in [5.41, 5.74) is 4.82. The quantitative estimate of drug-likeness (QED) is 0.0593. The maximum atomic E-state index is 12.3. The van der Waals surface area contributed by atoms with Crippen LogP contribution >= 0.6 is 0 Å². The molecule has 0 saturated carbocycles. The van der Waals surface area contributed by atoms with Crippen LogP contribution in [0.5, 0.6) is 0 Å². The van der Waals surface area contributed by atoms with Crippen molar-refractivity contribution in [1.29, 1.82) is 0 Å². The molecule has 3 rings (SSSR count). The number of fused-ring (bicyclic) bond motifs is 3. The minimum atomic E-state index is -0.413. The Balaban J connectivity index is 0.992. The van der Waals surface area contributed by atoms with Gasteiger partial charge in [0.2, 0.25) is 0 Å². The Kier molecular flexibility index (Phi) is 23.8. The normalized spacial score (nSPS) is 12.1. The molecule has 0 aromatic heterocycles. The monoisotopic (exact) mass is 711 g/mol. The number of ether oxygens (including phenoxy) is 6. The van der Waals surface area contributed by atoms with Crippen molar-refractivity contribution >= 4 is 12.1 Å². The summed E-state index contributed by atoms with van der Waals surface area (Å²) in [6.45, 7) is 7.05. The first-order valence-electron chi connectivity index (χ1n) is 19.8. The molecule has 0 aliphatic heterocycles. The van der Waals surface area contributed by atoms with E-state index in [9.17, 15) is 9.59 Å². The van der Waals surface area contributed by atoms with Gasteiger partial charge >= 0.3 is 12.1 Å². The van der Waals surface area contributed by atoms with Crippen LogP contribution in [0.2, 0.25) is 0 Å². The number of benzene rings is 2. The van der Waals surface area contributed by atoms with E-state index in [0.717, 1.165) is 12.8 Å². The van der Waals surface area contributed by atoms with Crippen LogP contribution in [0.15, 0.2) is 48.5 Å². The average molecular weight is 712 g/mol. The van der Waals surface area contributed by atoms with Gasteiger partial charge in [0.1, 0.15) is 13.2 Å². The van der Waals surface area contributed by atoms with Crippen LogP contribution in [-0.2, 0) is 33.2 Å². The van der Waals surface area contributed by atoms with E-state index >= 15 is 0 Å². The summed E-state index contributed by atoms with van der Waals surface area (Å²) in [6.07, 6.45) is 17.6. The summed E-state index contributed by atoms with van der Waals surface area (Å²) in [4.78, 5) is 24.2. The second-order valence-electron chi connectivity index (χ2n) is 13.3. The molecule has 0 radical (unpaired) electrons. The first-order chi connectivity index (χ1) is 25.2. The number of hydrogen-bond acceptors (Lipinski definition) is 8. The van der Waals surface area contributed by atoms with Gasteiger partial charge in [-0.15, -0.1) is 0 Å². The number of rotatable bonds is 32. The smallest absolute Gasteiger partial charge is 0.407 e. The van der Waals surface area contributed by atoms with Gasteiger partial charge in [0.25, 0.3) is 0 Å². The Morgan fingerprint density at radius 3 is 1.51 bits per heavy atom. The maximum Gasteiger partial charge on any atom is 0.407 e. The van der Waals surface area contributed by atoms with Crippen molar-refractivity contribution < 1.29 is 38.0 Å². The Morgan fingerprint density at radius 1 is 0.529 bits per heavy atom. The van der Waals surface area contributed by atoms with Crippen molar-refractivity contribution in [1.82, 2.24) is 5.32 Å². The minimum absolute atomic E-state index is 0.0525. The van der Waals surface area contributed by atoms with Crippen LogP contribution in [0.25, 0.3) is 11.1 Å². The van der Waals surface area contributed by atoms with E-state index in [-0.39, 0.29) is 18.5 Å². The molecule has 0 spiro atoms. The summed E-state index contributed by atoms with van der Waals surface area (Å²) in [5, 5.41) is 2.81. The molecule has 286 valence electrons. The molecular formula is C42H65NO8. The SMILES string of the molecule is CCCCCCCCCCCCCCCC(=O)OCCOCCOCCOCCOCCCNC(=O)OCC1c2ccccc2-c2ccccc21. The van der Waals surface area contributed by atoms with E-state index in [1.54, 1.807) is 0 Å². The van der Waals surface area contributed by atoms with E-state index < -0.39 is 6.09 Å². The third-order valence-electron chi connectivity index (χ3n) is 9.17. The van der Waals surface area contributed by atoms with Crippen molar-refractivity contribution in [2.24, 2.45) is 0 Å². The second kappa shape index (κ2) is 28.6. The highest BCUT2D eigenvalue weighted by Crippen LogP contribution is 2.44. The molecular weight excluding hydrogens is 646 g/mol. The lowest BCUT2D eigenvalue weighted by atomic mass is 9.98. The minimum Gasteiger partial charge on any atom is -0.463 e. The fraction of sp³-hybridized carbons (Fsp3) is 0.667.